The van der Waals surface area contributed by atoms with Gasteiger partial charge in [-0.25, -0.2) is 4.79 Å². The fourth-order valence-corrected chi connectivity index (χ4v) is 2.18. The highest BCUT2D eigenvalue weighted by atomic mass is 32.2. The lowest BCUT2D eigenvalue weighted by atomic mass is 10.2. The molecule has 0 atom stereocenters. The van der Waals surface area contributed by atoms with E-state index in [1.165, 1.54) is 17.8 Å². The van der Waals surface area contributed by atoms with Crippen molar-refractivity contribution in [1.29, 1.82) is 0 Å². The number of carboxylic acids is 1. The van der Waals surface area contributed by atoms with Crippen molar-refractivity contribution in [2.24, 2.45) is 0 Å². The van der Waals surface area contributed by atoms with Crippen molar-refractivity contribution in [2.75, 3.05) is 11.5 Å². The van der Waals surface area contributed by atoms with E-state index in [0.717, 1.165) is 5.56 Å². The summed E-state index contributed by atoms with van der Waals surface area (Å²) >= 11 is 1.34. The van der Waals surface area contributed by atoms with E-state index in [2.05, 4.69) is 4.74 Å². The summed E-state index contributed by atoms with van der Waals surface area (Å²) in [4.78, 5) is 33.0. The predicted octanol–water partition coefficient (Wildman–Crippen LogP) is 2.37. The van der Waals surface area contributed by atoms with Gasteiger partial charge in [-0.1, -0.05) is 30.3 Å². The standard InChI is InChI=1S/C15H16O5S/c16-13(17)8-10-21-11-9-15(19)20-14(18)7-6-12-4-2-1-3-5-12/h1-7H,8-11H2,(H,16,17). The summed E-state index contributed by atoms with van der Waals surface area (Å²) in [5.41, 5.74) is 0.839. The Balaban J connectivity index is 2.20. The van der Waals surface area contributed by atoms with Crippen molar-refractivity contribution in [3.05, 3.63) is 42.0 Å². The Bertz CT molecular complexity index is 510. The average molecular weight is 308 g/mol. The number of carbonyl (C=O) groups is 3. The first-order valence-electron chi connectivity index (χ1n) is 6.35. The number of hydrogen-bond donors (Lipinski definition) is 1. The van der Waals surface area contributed by atoms with Crippen LogP contribution in [-0.2, 0) is 19.1 Å². The topological polar surface area (TPSA) is 80.7 Å². The van der Waals surface area contributed by atoms with Crippen LogP contribution in [0.3, 0.4) is 0 Å². The van der Waals surface area contributed by atoms with E-state index < -0.39 is 17.9 Å². The molecule has 112 valence electrons. The summed E-state index contributed by atoms with van der Waals surface area (Å²) in [6, 6.07) is 9.19. The Morgan fingerprint density at radius 1 is 1.10 bits per heavy atom. The molecule has 1 aromatic carbocycles. The minimum absolute atomic E-state index is 0.0540. The third kappa shape index (κ3) is 8.65. The van der Waals surface area contributed by atoms with Gasteiger partial charge < -0.3 is 9.84 Å². The number of carboxylic acid groups (broad SMARTS) is 1. The molecule has 0 aliphatic heterocycles. The zero-order valence-corrected chi connectivity index (χ0v) is 12.2. The molecule has 0 amide bonds. The number of rotatable bonds is 8. The van der Waals surface area contributed by atoms with Gasteiger partial charge in [0.25, 0.3) is 0 Å². The maximum atomic E-state index is 11.4. The summed E-state index contributed by atoms with van der Waals surface area (Å²) < 4.78 is 4.61. The van der Waals surface area contributed by atoms with Crippen molar-refractivity contribution in [3.63, 3.8) is 0 Å². The minimum Gasteiger partial charge on any atom is -0.481 e. The molecule has 0 heterocycles. The zero-order chi connectivity index (χ0) is 15.5. The highest BCUT2D eigenvalue weighted by Gasteiger charge is 2.07. The molecule has 0 bridgehead atoms. The van der Waals surface area contributed by atoms with Crippen molar-refractivity contribution in [1.82, 2.24) is 0 Å². The van der Waals surface area contributed by atoms with E-state index in [0.29, 0.717) is 11.5 Å². The van der Waals surface area contributed by atoms with Crippen LogP contribution in [0.5, 0.6) is 0 Å². The van der Waals surface area contributed by atoms with Crippen LogP contribution in [0.4, 0.5) is 0 Å². The van der Waals surface area contributed by atoms with Gasteiger partial charge in [-0.2, -0.15) is 11.8 Å². The van der Waals surface area contributed by atoms with E-state index in [1.807, 2.05) is 30.3 Å². The smallest absolute Gasteiger partial charge is 0.338 e. The molecule has 0 aliphatic carbocycles. The van der Waals surface area contributed by atoms with Crippen molar-refractivity contribution >= 4 is 35.7 Å². The molecule has 21 heavy (non-hydrogen) atoms. The van der Waals surface area contributed by atoms with Crippen molar-refractivity contribution in [3.8, 4) is 0 Å². The quantitative estimate of drug-likeness (QED) is 0.344. The molecule has 0 saturated heterocycles. The molecule has 6 heteroatoms. The summed E-state index contributed by atoms with van der Waals surface area (Å²) in [6.07, 6.45) is 2.90. The maximum Gasteiger partial charge on any atom is 0.338 e. The predicted molar refractivity (Wildman–Crippen MR) is 80.8 cm³/mol. The molecule has 0 spiro atoms. The highest BCUT2D eigenvalue weighted by molar-refractivity contribution is 7.99. The largest absolute Gasteiger partial charge is 0.481 e. The van der Waals surface area contributed by atoms with Gasteiger partial charge in [-0.3, -0.25) is 9.59 Å². The Morgan fingerprint density at radius 2 is 1.76 bits per heavy atom. The molecule has 0 radical (unpaired) electrons. The van der Waals surface area contributed by atoms with Crippen LogP contribution in [0, 0.1) is 0 Å². The third-order valence-electron chi connectivity index (χ3n) is 2.34. The summed E-state index contributed by atoms with van der Waals surface area (Å²) in [5, 5.41) is 8.44. The van der Waals surface area contributed by atoms with Gasteiger partial charge in [-0.15, -0.1) is 0 Å². The molecule has 0 aromatic heterocycles. The van der Waals surface area contributed by atoms with E-state index in [1.54, 1.807) is 6.08 Å². The fraction of sp³-hybridized carbons (Fsp3) is 0.267. The average Bonchev–Trinajstić information content (AvgIpc) is 2.45. The number of thioether (sulfide) groups is 1. The fourth-order valence-electron chi connectivity index (χ4n) is 1.34. The summed E-state index contributed by atoms with van der Waals surface area (Å²) in [7, 11) is 0. The van der Waals surface area contributed by atoms with Crippen LogP contribution in [0.25, 0.3) is 6.08 Å². The Morgan fingerprint density at radius 3 is 2.43 bits per heavy atom. The van der Waals surface area contributed by atoms with Crippen LogP contribution in [-0.4, -0.2) is 34.5 Å². The van der Waals surface area contributed by atoms with Crippen LogP contribution in [0.2, 0.25) is 0 Å². The minimum atomic E-state index is -0.869. The second-order valence-corrected chi connectivity index (χ2v) is 5.27. The van der Waals surface area contributed by atoms with Crippen molar-refractivity contribution in [2.45, 2.75) is 12.8 Å². The number of hydrogen-bond acceptors (Lipinski definition) is 5. The summed E-state index contributed by atoms with van der Waals surface area (Å²) in [5.74, 6) is -1.32. The number of ether oxygens (including phenoxy) is 1. The lowest BCUT2D eigenvalue weighted by molar-refractivity contribution is -0.155. The van der Waals surface area contributed by atoms with Crippen LogP contribution in [0.1, 0.15) is 18.4 Å². The Kier molecular flexibility index (Phi) is 7.89. The van der Waals surface area contributed by atoms with Gasteiger partial charge in [0.1, 0.15) is 0 Å². The molecular weight excluding hydrogens is 292 g/mol. The lowest BCUT2D eigenvalue weighted by Crippen LogP contribution is -2.10. The van der Waals surface area contributed by atoms with E-state index in [-0.39, 0.29) is 12.8 Å². The molecule has 0 fully saturated rings. The highest BCUT2D eigenvalue weighted by Crippen LogP contribution is 2.06. The molecule has 1 aromatic rings. The molecule has 1 rings (SSSR count). The van der Waals surface area contributed by atoms with Gasteiger partial charge in [0.2, 0.25) is 0 Å². The molecule has 0 unspecified atom stereocenters. The first kappa shape index (κ1) is 17.0. The number of benzene rings is 1. The second-order valence-electron chi connectivity index (χ2n) is 4.04. The molecule has 0 aliphatic rings. The van der Waals surface area contributed by atoms with Crippen LogP contribution < -0.4 is 0 Å². The van der Waals surface area contributed by atoms with Gasteiger partial charge in [-0.05, 0) is 11.6 Å². The first-order valence-corrected chi connectivity index (χ1v) is 7.50. The maximum absolute atomic E-state index is 11.4. The zero-order valence-electron chi connectivity index (χ0n) is 11.4. The normalized spacial score (nSPS) is 10.5. The van der Waals surface area contributed by atoms with Crippen LogP contribution in [0.15, 0.2) is 36.4 Å². The van der Waals surface area contributed by atoms with Crippen LogP contribution >= 0.6 is 11.8 Å². The lowest BCUT2D eigenvalue weighted by Gasteiger charge is -2.00. The first-order chi connectivity index (χ1) is 10.1. The van der Waals surface area contributed by atoms with Gasteiger partial charge in [0.05, 0.1) is 12.8 Å². The molecular formula is C15H16O5S. The number of esters is 2. The second kappa shape index (κ2) is 9.77. The molecule has 1 N–H and O–H groups in total. The van der Waals surface area contributed by atoms with Gasteiger partial charge in [0, 0.05) is 17.6 Å². The van der Waals surface area contributed by atoms with Gasteiger partial charge >= 0.3 is 17.9 Å². The molecule has 5 nitrogen and oxygen atoms in total. The Hall–Kier alpha value is -2.08. The SMILES string of the molecule is O=C(O)CCSCCC(=O)OC(=O)C=Cc1ccccc1. The van der Waals surface area contributed by atoms with Crippen molar-refractivity contribution < 1.29 is 24.2 Å². The van der Waals surface area contributed by atoms with E-state index in [9.17, 15) is 14.4 Å². The molecule has 0 saturated carbocycles. The third-order valence-corrected chi connectivity index (χ3v) is 3.32. The summed E-state index contributed by atoms with van der Waals surface area (Å²) in [6.45, 7) is 0. The monoisotopic (exact) mass is 308 g/mol. The van der Waals surface area contributed by atoms with E-state index in [4.69, 9.17) is 5.11 Å². The Labute approximate surface area is 127 Å². The van der Waals surface area contributed by atoms with E-state index >= 15 is 0 Å². The number of aliphatic carboxylic acids is 1. The number of carbonyl (C=O) groups excluding carboxylic acids is 2. The van der Waals surface area contributed by atoms with Gasteiger partial charge in [0.15, 0.2) is 0 Å².